The van der Waals surface area contributed by atoms with Crippen LogP contribution in [-0.2, 0) is 11.3 Å². The number of benzene rings is 1. The molecule has 0 aliphatic carbocycles. The van der Waals surface area contributed by atoms with Crippen molar-refractivity contribution >= 4 is 35.8 Å². The van der Waals surface area contributed by atoms with E-state index in [0.717, 1.165) is 18.1 Å². The van der Waals surface area contributed by atoms with Crippen molar-refractivity contribution in [2.75, 3.05) is 20.2 Å². The van der Waals surface area contributed by atoms with Gasteiger partial charge in [0.05, 0.1) is 6.54 Å². The Balaban J connectivity index is 0.00000220. The zero-order valence-electron chi connectivity index (χ0n) is 12.2. The van der Waals surface area contributed by atoms with Gasteiger partial charge in [-0.3, -0.25) is 9.79 Å². The standard InChI is InChI=1S/C14H20N4O2.HI/c1-10-7-16-14(18-10)17-8-11-4-3-5-12(6-11)20-9-13(19)15-2;/h3-6,10H,7-9H2,1-2H3,(H,15,19)(H2,16,17,18);1H. The van der Waals surface area contributed by atoms with Crippen LogP contribution in [0.2, 0.25) is 0 Å². The van der Waals surface area contributed by atoms with Crippen molar-refractivity contribution in [1.29, 1.82) is 0 Å². The third-order valence-corrected chi connectivity index (χ3v) is 2.91. The van der Waals surface area contributed by atoms with Crippen molar-refractivity contribution < 1.29 is 9.53 Å². The van der Waals surface area contributed by atoms with Gasteiger partial charge in [-0.1, -0.05) is 12.1 Å². The molecule has 1 atom stereocenters. The van der Waals surface area contributed by atoms with Crippen LogP contribution in [0.5, 0.6) is 5.75 Å². The van der Waals surface area contributed by atoms with Crippen LogP contribution in [0.15, 0.2) is 29.3 Å². The molecule has 1 aromatic carbocycles. The summed E-state index contributed by atoms with van der Waals surface area (Å²) in [6.07, 6.45) is 0. The highest BCUT2D eigenvalue weighted by molar-refractivity contribution is 14.0. The Morgan fingerprint density at radius 2 is 2.33 bits per heavy atom. The van der Waals surface area contributed by atoms with Crippen molar-refractivity contribution in [1.82, 2.24) is 16.0 Å². The van der Waals surface area contributed by atoms with E-state index >= 15 is 0 Å². The van der Waals surface area contributed by atoms with Crippen molar-refractivity contribution in [3.63, 3.8) is 0 Å². The summed E-state index contributed by atoms with van der Waals surface area (Å²) in [6.45, 7) is 3.58. The zero-order valence-corrected chi connectivity index (χ0v) is 14.5. The third kappa shape index (κ3) is 5.78. The van der Waals surface area contributed by atoms with E-state index < -0.39 is 0 Å². The third-order valence-electron chi connectivity index (χ3n) is 2.91. The van der Waals surface area contributed by atoms with E-state index in [4.69, 9.17) is 4.74 Å². The Morgan fingerprint density at radius 3 is 3.00 bits per heavy atom. The highest BCUT2D eigenvalue weighted by atomic mass is 127. The lowest BCUT2D eigenvalue weighted by atomic mass is 10.2. The molecule has 0 aromatic heterocycles. The maximum Gasteiger partial charge on any atom is 0.257 e. The number of nitrogens with zero attached hydrogens (tertiary/aromatic N) is 1. The van der Waals surface area contributed by atoms with Crippen LogP contribution in [-0.4, -0.2) is 38.1 Å². The molecule has 21 heavy (non-hydrogen) atoms. The number of hydrogen-bond acceptors (Lipinski definition) is 5. The normalized spacial score (nSPS) is 16.3. The number of carbonyl (C=O) groups excluding carboxylic acids is 1. The summed E-state index contributed by atoms with van der Waals surface area (Å²) in [5.41, 5.74) is 1.07. The van der Waals surface area contributed by atoms with Crippen LogP contribution < -0.4 is 20.7 Å². The first-order valence-electron chi connectivity index (χ1n) is 6.64. The van der Waals surface area contributed by atoms with Gasteiger partial charge in [0.2, 0.25) is 0 Å². The van der Waals surface area contributed by atoms with Gasteiger partial charge in [0.25, 0.3) is 5.91 Å². The summed E-state index contributed by atoms with van der Waals surface area (Å²) >= 11 is 0. The second-order valence-corrected chi connectivity index (χ2v) is 4.70. The summed E-state index contributed by atoms with van der Waals surface area (Å²) in [5.74, 6) is 1.36. The van der Waals surface area contributed by atoms with E-state index in [1.807, 2.05) is 24.3 Å². The second kappa shape index (κ2) is 8.71. The minimum absolute atomic E-state index is 0. The number of nitrogens with one attached hydrogen (secondary N) is 3. The smallest absolute Gasteiger partial charge is 0.257 e. The summed E-state index contributed by atoms with van der Waals surface area (Å²) in [5, 5.41) is 8.99. The molecule has 1 aromatic rings. The van der Waals surface area contributed by atoms with Gasteiger partial charge in [-0.05, 0) is 24.6 Å². The molecule has 1 aliphatic rings. The van der Waals surface area contributed by atoms with E-state index in [-0.39, 0.29) is 36.5 Å². The molecule has 1 heterocycles. The van der Waals surface area contributed by atoms with Gasteiger partial charge in [-0.2, -0.15) is 0 Å². The van der Waals surface area contributed by atoms with Crippen LogP contribution in [0.3, 0.4) is 0 Å². The Bertz CT molecular complexity index is 508. The predicted molar refractivity (Wildman–Crippen MR) is 93.2 cm³/mol. The van der Waals surface area contributed by atoms with Crippen LogP contribution >= 0.6 is 24.0 Å². The number of guanidine groups is 1. The van der Waals surface area contributed by atoms with Gasteiger partial charge in [-0.15, -0.1) is 24.0 Å². The summed E-state index contributed by atoms with van der Waals surface area (Å²) in [7, 11) is 1.59. The fourth-order valence-corrected chi connectivity index (χ4v) is 1.81. The first-order valence-corrected chi connectivity index (χ1v) is 6.64. The molecule has 0 spiro atoms. The Kier molecular flexibility index (Phi) is 7.27. The lowest BCUT2D eigenvalue weighted by Crippen LogP contribution is -2.37. The van der Waals surface area contributed by atoms with Crippen molar-refractivity contribution in [3.8, 4) is 5.75 Å². The lowest BCUT2D eigenvalue weighted by molar-refractivity contribution is -0.122. The topological polar surface area (TPSA) is 74.8 Å². The Labute approximate surface area is 141 Å². The fourth-order valence-electron chi connectivity index (χ4n) is 1.81. The number of hydrogen-bond donors (Lipinski definition) is 3. The largest absolute Gasteiger partial charge is 0.484 e. The molecular formula is C14H21IN4O2. The van der Waals surface area contributed by atoms with Crippen molar-refractivity contribution in [2.24, 2.45) is 4.99 Å². The van der Waals surface area contributed by atoms with Crippen LogP contribution in [0.25, 0.3) is 0 Å². The molecule has 1 aliphatic heterocycles. The van der Waals surface area contributed by atoms with E-state index in [1.165, 1.54) is 0 Å². The molecule has 0 bridgehead atoms. The molecule has 6 nitrogen and oxygen atoms in total. The average Bonchev–Trinajstić information content (AvgIpc) is 2.88. The molecule has 116 valence electrons. The molecule has 2 rings (SSSR count). The second-order valence-electron chi connectivity index (χ2n) is 4.70. The number of rotatable bonds is 5. The summed E-state index contributed by atoms with van der Waals surface area (Å²) in [4.78, 5) is 15.5. The van der Waals surface area contributed by atoms with Crippen LogP contribution in [0, 0.1) is 0 Å². The maximum atomic E-state index is 11.1. The van der Waals surface area contributed by atoms with Crippen molar-refractivity contribution in [2.45, 2.75) is 19.5 Å². The maximum absolute atomic E-state index is 11.1. The fraction of sp³-hybridized carbons (Fsp3) is 0.429. The molecule has 1 amide bonds. The van der Waals surface area contributed by atoms with E-state index in [2.05, 4.69) is 27.9 Å². The van der Waals surface area contributed by atoms with Crippen LogP contribution in [0.4, 0.5) is 0 Å². The predicted octanol–water partition coefficient (Wildman–Crippen LogP) is 0.867. The van der Waals surface area contributed by atoms with Gasteiger partial charge >= 0.3 is 0 Å². The van der Waals surface area contributed by atoms with Gasteiger partial charge in [-0.25, -0.2) is 0 Å². The summed E-state index contributed by atoms with van der Waals surface area (Å²) < 4.78 is 5.40. The molecule has 0 saturated heterocycles. The van der Waals surface area contributed by atoms with Crippen molar-refractivity contribution in [3.05, 3.63) is 29.8 Å². The molecule has 1 unspecified atom stereocenters. The average molecular weight is 404 g/mol. The van der Waals surface area contributed by atoms with Gasteiger partial charge < -0.3 is 20.7 Å². The molecule has 0 radical (unpaired) electrons. The van der Waals surface area contributed by atoms with Gasteiger partial charge in [0.15, 0.2) is 12.6 Å². The monoisotopic (exact) mass is 404 g/mol. The molecule has 3 N–H and O–H groups in total. The first-order chi connectivity index (χ1) is 9.67. The highest BCUT2D eigenvalue weighted by Crippen LogP contribution is 2.13. The minimum atomic E-state index is -0.146. The molecule has 0 fully saturated rings. The first kappa shape index (κ1) is 17.5. The summed E-state index contributed by atoms with van der Waals surface area (Å²) in [6, 6.07) is 8.04. The number of halogens is 1. The number of likely N-dealkylation sites (N-methyl/N-ethyl adjacent to an activating group) is 1. The van der Waals surface area contributed by atoms with Crippen LogP contribution in [0.1, 0.15) is 12.5 Å². The SMILES string of the molecule is CNC(=O)COc1cccc(CNC2=NCC(C)N2)c1.I. The van der Waals surface area contributed by atoms with E-state index in [0.29, 0.717) is 18.3 Å². The number of amides is 1. The van der Waals surface area contributed by atoms with E-state index in [9.17, 15) is 4.79 Å². The number of ether oxygens (including phenoxy) is 1. The number of aliphatic imine (C=N–C) groups is 1. The zero-order chi connectivity index (χ0) is 14.4. The molecule has 7 heteroatoms. The quantitative estimate of drug-likeness (QED) is 0.637. The Hall–Kier alpha value is -1.51. The highest BCUT2D eigenvalue weighted by Gasteiger charge is 2.11. The Morgan fingerprint density at radius 1 is 1.52 bits per heavy atom. The van der Waals surface area contributed by atoms with Gasteiger partial charge in [0.1, 0.15) is 5.75 Å². The molecule has 0 saturated carbocycles. The lowest BCUT2D eigenvalue weighted by Gasteiger charge is -2.10. The number of carbonyl (C=O) groups is 1. The molecular weight excluding hydrogens is 383 g/mol. The minimum Gasteiger partial charge on any atom is -0.484 e. The van der Waals surface area contributed by atoms with Gasteiger partial charge in [0, 0.05) is 19.6 Å². The van der Waals surface area contributed by atoms with E-state index in [1.54, 1.807) is 7.05 Å².